The monoisotopic (exact) mass is 266 g/mol. The third-order valence-electron chi connectivity index (χ3n) is 3.09. The summed E-state index contributed by atoms with van der Waals surface area (Å²) in [5, 5.41) is 21.4. The lowest BCUT2D eigenvalue weighted by Gasteiger charge is -2.22. The lowest BCUT2D eigenvalue weighted by atomic mass is 10.3. The second-order valence-electron chi connectivity index (χ2n) is 4.71. The Morgan fingerprint density at radius 3 is 2.47 bits per heavy atom. The van der Waals surface area contributed by atoms with Gasteiger partial charge in [-0.15, -0.1) is 0 Å². The normalized spacial score (nSPS) is 14.5. The Balaban J connectivity index is 2.24. The minimum Gasteiger partial charge on any atom is -0.395 e. The molecule has 106 valence electrons. The van der Waals surface area contributed by atoms with Crippen molar-refractivity contribution < 1.29 is 10.2 Å². The molecular formula is C13H22N4O2. The van der Waals surface area contributed by atoms with E-state index in [2.05, 4.69) is 15.3 Å². The van der Waals surface area contributed by atoms with Crippen LogP contribution < -0.4 is 10.2 Å². The molecule has 0 aliphatic heterocycles. The Kier molecular flexibility index (Phi) is 4.93. The highest BCUT2D eigenvalue weighted by atomic mass is 16.3. The minimum absolute atomic E-state index is 0.0410. The second kappa shape index (κ2) is 6.68. The number of aliphatic hydroxyl groups is 2. The van der Waals surface area contributed by atoms with Crippen LogP contribution in [-0.4, -0.2) is 53.0 Å². The maximum atomic E-state index is 9.11. The van der Waals surface area contributed by atoms with E-state index in [4.69, 9.17) is 10.2 Å². The van der Waals surface area contributed by atoms with Gasteiger partial charge in [-0.1, -0.05) is 0 Å². The average Bonchev–Trinajstić information content (AvgIpc) is 3.23. The van der Waals surface area contributed by atoms with Gasteiger partial charge in [-0.25, -0.2) is 9.97 Å². The number of hydrogen-bond donors (Lipinski definition) is 3. The van der Waals surface area contributed by atoms with Gasteiger partial charge in [0, 0.05) is 31.6 Å². The summed E-state index contributed by atoms with van der Waals surface area (Å²) < 4.78 is 0. The maximum Gasteiger partial charge on any atom is 0.136 e. The van der Waals surface area contributed by atoms with Crippen LogP contribution in [0.25, 0.3) is 0 Å². The van der Waals surface area contributed by atoms with Crippen molar-refractivity contribution in [1.29, 1.82) is 0 Å². The van der Waals surface area contributed by atoms with E-state index in [1.54, 1.807) is 0 Å². The Morgan fingerprint density at radius 1 is 1.26 bits per heavy atom. The van der Waals surface area contributed by atoms with Crippen molar-refractivity contribution in [3.63, 3.8) is 0 Å². The third kappa shape index (κ3) is 3.78. The van der Waals surface area contributed by atoms with Crippen LogP contribution in [0.5, 0.6) is 0 Å². The van der Waals surface area contributed by atoms with E-state index in [-0.39, 0.29) is 13.2 Å². The molecule has 1 aliphatic carbocycles. The largest absolute Gasteiger partial charge is 0.395 e. The second-order valence-corrected chi connectivity index (χ2v) is 4.71. The van der Waals surface area contributed by atoms with Crippen LogP contribution in [-0.2, 0) is 0 Å². The van der Waals surface area contributed by atoms with Gasteiger partial charge in [-0.3, -0.25) is 0 Å². The predicted octanol–water partition coefficient (Wildman–Crippen LogP) is 0.577. The summed E-state index contributed by atoms with van der Waals surface area (Å²) in [7, 11) is 0. The SMILES string of the molecule is CCNc1cc(N(CCO)CCO)nc(C2CC2)n1. The molecule has 19 heavy (non-hydrogen) atoms. The van der Waals surface area contributed by atoms with E-state index in [1.807, 2.05) is 17.9 Å². The Morgan fingerprint density at radius 2 is 1.95 bits per heavy atom. The Hall–Kier alpha value is -1.40. The molecule has 1 saturated carbocycles. The van der Waals surface area contributed by atoms with Crippen molar-refractivity contribution in [2.45, 2.75) is 25.7 Å². The minimum atomic E-state index is 0.0410. The van der Waals surface area contributed by atoms with Crippen LogP contribution in [0, 0.1) is 0 Å². The zero-order chi connectivity index (χ0) is 13.7. The van der Waals surface area contributed by atoms with Crippen molar-refractivity contribution in [2.24, 2.45) is 0 Å². The van der Waals surface area contributed by atoms with Crippen molar-refractivity contribution in [1.82, 2.24) is 9.97 Å². The first-order valence-electron chi connectivity index (χ1n) is 6.88. The fourth-order valence-corrected chi connectivity index (χ4v) is 1.99. The van der Waals surface area contributed by atoms with Crippen LogP contribution in [0.4, 0.5) is 11.6 Å². The number of nitrogens with zero attached hydrogens (tertiary/aromatic N) is 3. The molecule has 6 heteroatoms. The molecule has 0 radical (unpaired) electrons. The Bertz CT molecular complexity index is 404. The fourth-order valence-electron chi connectivity index (χ4n) is 1.99. The number of hydrogen-bond acceptors (Lipinski definition) is 6. The molecule has 0 bridgehead atoms. The van der Waals surface area contributed by atoms with Gasteiger partial charge in [0.2, 0.25) is 0 Å². The highest BCUT2D eigenvalue weighted by molar-refractivity contribution is 5.50. The van der Waals surface area contributed by atoms with Gasteiger partial charge in [0.25, 0.3) is 0 Å². The first kappa shape index (κ1) is 14.0. The van der Waals surface area contributed by atoms with Gasteiger partial charge in [0.05, 0.1) is 13.2 Å². The molecule has 2 rings (SSSR count). The molecule has 3 N–H and O–H groups in total. The lowest BCUT2D eigenvalue weighted by molar-refractivity contribution is 0.280. The zero-order valence-electron chi connectivity index (χ0n) is 11.3. The maximum absolute atomic E-state index is 9.11. The summed E-state index contributed by atoms with van der Waals surface area (Å²) in [6.45, 7) is 3.84. The molecule has 6 nitrogen and oxygen atoms in total. The summed E-state index contributed by atoms with van der Waals surface area (Å²) in [6.07, 6.45) is 2.30. The molecule has 0 unspecified atom stereocenters. The van der Waals surface area contributed by atoms with Crippen molar-refractivity contribution >= 4 is 11.6 Å². The molecule has 1 aliphatic rings. The van der Waals surface area contributed by atoms with Crippen LogP contribution in [0.15, 0.2) is 6.07 Å². The summed E-state index contributed by atoms with van der Waals surface area (Å²) in [6, 6.07) is 1.88. The number of anilines is 2. The smallest absolute Gasteiger partial charge is 0.136 e. The molecule has 0 spiro atoms. The van der Waals surface area contributed by atoms with Crippen LogP contribution in [0.2, 0.25) is 0 Å². The highest BCUT2D eigenvalue weighted by Crippen LogP contribution is 2.39. The molecular weight excluding hydrogens is 244 g/mol. The van der Waals surface area contributed by atoms with E-state index in [9.17, 15) is 0 Å². The summed E-state index contributed by atoms with van der Waals surface area (Å²) in [5.74, 6) is 2.93. The average molecular weight is 266 g/mol. The quantitative estimate of drug-likeness (QED) is 0.638. The van der Waals surface area contributed by atoms with Crippen molar-refractivity contribution in [2.75, 3.05) is 43.1 Å². The van der Waals surface area contributed by atoms with E-state index < -0.39 is 0 Å². The van der Waals surface area contributed by atoms with Crippen LogP contribution in [0.3, 0.4) is 0 Å². The van der Waals surface area contributed by atoms with E-state index >= 15 is 0 Å². The molecule has 1 aromatic heterocycles. The van der Waals surface area contributed by atoms with Gasteiger partial charge >= 0.3 is 0 Å². The van der Waals surface area contributed by atoms with Gasteiger partial charge < -0.3 is 20.4 Å². The summed E-state index contributed by atoms with van der Waals surface area (Å²) in [4.78, 5) is 11.0. The molecule has 0 atom stereocenters. The zero-order valence-corrected chi connectivity index (χ0v) is 11.3. The predicted molar refractivity (Wildman–Crippen MR) is 74.6 cm³/mol. The number of nitrogens with one attached hydrogen (secondary N) is 1. The Labute approximate surface area is 113 Å². The lowest BCUT2D eigenvalue weighted by Crippen LogP contribution is -2.31. The van der Waals surface area contributed by atoms with Crippen LogP contribution in [0.1, 0.15) is 31.5 Å². The highest BCUT2D eigenvalue weighted by Gasteiger charge is 2.27. The third-order valence-corrected chi connectivity index (χ3v) is 3.09. The van der Waals surface area contributed by atoms with Crippen molar-refractivity contribution in [3.8, 4) is 0 Å². The van der Waals surface area contributed by atoms with E-state index in [1.165, 1.54) is 0 Å². The van der Waals surface area contributed by atoms with Gasteiger partial charge in [0.1, 0.15) is 17.5 Å². The van der Waals surface area contributed by atoms with Gasteiger partial charge in [0.15, 0.2) is 0 Å². The molecule has 0 saturated heterocycles. The van der Waals surface area contributed by atoms with Crippen molar-refractivity contribution in [3.05, 3.63) is 11.9 Å². The molecule has 1 aromatic rings. The van der Waals surface area contributed by atoms with E-state index in [0.29, 0.717) is 19.0 Å². The number of rotatable bonds is 8. The summed E-state index contributed by atoms with van der Waals surface area (Å²) in [5.41, 5.74) is 0. The molecule has 1 heterocycles. The molecule has 0 aromatic carbocycles. The standard InChI is InChI=1S/C13H22N4O2/c1-2-14-11-9-12(17(5-7-18)6-8-19)16-13(15-11)10-3-4-10/h9-10,18-19H,2-8H2,1H3,(H,14,15,16). The topological polar surface area (TPSA) is 81.5 Å². The molecule has 0 amide bonds. The fraction of sp³-hybridized carbons (Fsp3) is 0.692. The van der Waals surface area contributed by atoms with Gasteiger partial charge in [-0.05, 0) is 19.8 Å². The van der Waals surface area contributed by atoms with Gasteiger partial charge in [-0.2, -0.15) is 0 Å². The number of aromatic nitrogens is 2. The summed E-state index contributed by atoms with van der Waals surface area (Å²) >= 11 is 0. The molecule has 1 fully saturated rings. The number of aliphatic hydroxyl groups excluding tert-OH is 2. The van der Waals surface area contributed by atoms with Crippen LogP contribution >= 0.6 is 0 Å². The van der Waals surface area contributed by atoms with E-state index in [0.717, 1.165) is 36.8 Å². The first-order valence-corrected chi connectivity index (χ1v) is 6.88. The first-order chi connectivity index (χ1) is 9.28.